The fourth-order valence-corrected chi connectivity index (χ4v) is 3.12. The molecule has 102 valence electrons. The molecule has 19 heavy (non-hydrogen) atoms. The summed E-state index contributed by atoms with van der Waals surface area (Å²) in [5, 5.41) is 2.60. The Balaban J connectivity index is 2.18. The van der Waals surface area contributed by atoms with Gasteiger partial charge in [-0.2, -0.15) is 13.1 Å². The van der Waals surface area contributed by atoms with Crippen molar-refractivity contribution in [3.63, 3.8) is 0 Å². The van der Waals surface area contributed by atoms with Crippen LogP contribution in [-0.2, 0) is 15.0 Å². The Morgan fingerprint density at radius 1 is 1.37 bits per heavy atom. The quantitative estimate of drug-likeness (QED) is 0.806. The molecule has 0 bridgehead atoms. The molecule has 7 heteroatoms. The third-order valence-corrected chi connectivity index (χ3v) is 4.26. The Labute approximate surface area is 112 Å². The van der Waals surface area contributed by atoms with Crippen LogP contribution in [0.5, 0.6) is 0 Å². The summed E-state index contributed by atoms with van der Waals surface area (Å²) in [4.78, 5) is 11.1. The molecule has 6 nitrogen and oxygen atoms in total. The largest absolute Gasteiger partial charge is 0.323 e. The maximum absolute atomic E-state index is 11.8. The van der Waals surface area contributed by atoms with Crippen molar-refractivity contribution in [1.82, 2.24) is 4.72 Å². The van der Waals surface area contributed by atoms with E-state index in [1.165, 1.54) is 10.4 Å². The van der Waals surface area contributed by atoms with Crippen LogP contribution in [0.2, 0.25) is 0 Å². The molecule has 2 rings (SSSR count). The maximum Gasteiger partial charge on any atom is 0.301 e. The second kappa shape index (κ2) is 5.41. The number of rotatable bonds is 3. The summed E-state index contributed by atoms with van der Waals surface area (Å²) < 4.78 is 27.4. The van der Waals surface area contributed by atoms with Gasteiger partial charge in [0.05, 0.1) is 5.69 Å². The smallest absolute Gasteiger partial charge is 0.301 e. The highest BCUT2D eigenvalue weighted by Crippen LogP contribution is 2.22. The van der Waals surface area contributed by atoms with Crippen LogP contribution in [0.25, 0.3) is 0 Å². The average Bonchev–Trinajstić information content (AvgIpc) is 2.39. The van der Waals surface area contributed by atoms with E-state index in [4.69, 9.17) is 0 Å². The molecule has 1 aliphatic heterocycles. The number of carbonyl (C=O) groups is 1. The predicted molar refractivity (Wildman–Crippen MR) is 74.2 cm³/mol. The highest BCUT2D eigenvalue weighted by atomic mass is 32.2. The van der Waals surface area contributed by atoms with Crippen LogP contribution in [0.1, 0.15) is 6.42 Å². The molecule has 0 saturated carbocycles. The van der Waals surface area contributed by atoms with Gasteiger partial charge < -0.3 is 5.32 Å². The third-order valence-electron chi connectivity index (χ3n) is 2.72. The number of nitrogens with one attached hydrogen (secondary N) is 2. The standard InChI is InChI=1S/C12H15N3O3S/c1-2-12(16)14-10-4-6-11(7-5-10)15-9-3-8-13-19(15,17)18/h2,4-7,13H,1,3,8-9H2,(H,14,16). The first-order chi connectivity index (χ1) is 9.03. The fourth-order valence-electron chi connectivity index (χ4n) is 1.79. The summed E-state index contributed by atoms with van der Waals surface area (Å²) in [7, 11) is -3.44. The SMILES string of the molecule is C=CC(=O)Nc1ccc(N2CCCNS2(=O)=O)cc1. The van der Waals surface area contributed by atoms with Crippen LogP contribution in [0.4, 0.5) is 11.4 Å². The van der Waals surface area contributed by atoms with Gasteiger partial charge in [-0.05, 0) is 36.8 Å². The van der Waals surface area contributed by atoms with Gasteiger partial charge in [-0.15, -0.1) is 0 Å². The molecule has 1 aromatic carbocycles. The van der Waals surface area contributed by atoms with Gasteiger partial charge in [0.15, 0.2) is 0 Å². The Kier molecular flexibility index (Phi) is 3.87. The molecule has 1 fully saturated rings. The second-order valence-corrected chi connectivity index (χ2v) is 5.74. The van der Waals surface area contributed by atoms with Crippen LogP contribution in [0, 0.1) is 0 Å². The molecular formula is C12H15N3O3S. The van der Waals surface area contributed by atoms with E-state index in [9.17, 15) is 13.2 Å². The summed E-state index contributed by atoms with van der Waals surface area (Å²) in [5.74, 6) is -0.306. The molecule has 2 N–H and O–H groups in total. The van der Waals surface area contributed by atoms with Gasteiger partial charge in [-0.1, -0.05) is 6.58 Å². The van der Waals surface area contributed by atoms with Crippen molar-refractivity contribution < 1.29 is 13.2 Å². The van der Waals surface area contributed by atoms with Gasteiger partial charge in [0.25, 0.3) is 0 Å². The number of nitrogens with zero attached hydrogens (tertiary/aromatic N) is 1. The van der Waals surface area contributed by atoms with Gasteiger partial charge >= 0.3 is 10.2 Å². The van der Waals surface area contributed by atoms with Gasteiger partial charge in [-0.3, -0.25) is 9.10 Å². The van der Waals surface area contributed by atoms with Crippen molar-refractivity contribution in [2.24, 2.45) is 0 Å². The zero-order valence-electron chi connectivity index (χ0n) is 10.3. The minimum absolute atomic E-state index is 0.306. The Morgan fingerprint density at radius 2 is 2.05 bits per heavy atom. The summed E-state index contributed by atoms with van der Waals surface area (Å²) in [6, 6.07) is 6.62. The average molecular weight is 281 g/mol. The molecule has 1 amide bonds. The van der Waals surface area contributed by atoms with Crippen molar-refractivity contribution in [2.75, 3.05) is 22.7 Å². The first-order valence-corrected chi connectivity index (χ1v) is 7.28. The summed E-state index contributed by atoms with van der Waals surface area (Å²) >= 11 is 0. The minimum atomic E-state index is -3.44. The van der Waals surface area contributed by atoms with Crippen molar-refractivity contribution in [1.29, 1.82) is 0 Å². The first-order valence-electron chi connectivity index (χ1n) is 5.84. The van der Waals surface area contributed by atoms with E-state index in [0.717, 1.165) is 6.42 Å². The lowest BCUT2D eigenvalue weighted by atomic mass is 10.2. The molecule has 0 unspecified atom stereocenters. The van der Waals surface area contributed by atoms with Gasteiger partial charge in [0, 0.05) is 18.8 Å². The van der Waals surface area contributed by atoms with Crippen LogP contribution in [-0.4, -0.2) is 27.4 Å². The zero-order valence-corrected chi connectivity index (χ0v) is 11.1. The highest BCUT2D eigenvalue weighted by Gasteiger charge is 2.25. The topological polar surface area (TPSA) is 78.5 Å². The lowest BCUT2D eigenvalue weighted by Crippen LogP contribution is -2.47. The van der Waals surface area contributed by atoms with Gasteiger partial charge in [-0.25, -0.2) is 0 Å². The van der Waals surface area contributed by atoms with Gasteiger partial charge in [0.2, 0.25) is 5.91 Å². The Morgan fingerprint density at radius 3 is 2.63 bits per heavy atom. The van der Waals surface area contributed by atoms with E-state index in [0.29, 0.717) is 24.5 Å². The number of anilines is 2. The number of hydrogen-bond donors (Lipinski definition) is 2. The molecule has 0 aromatic heterocycles. The number of hydrogen-bond acceptors (Lipinski definition) is 3. The molecule has 0 aliphatic carbocycles. The van der Waals surface area contributed by atoms with Crippen molar-refractivity contribution >= 4 is 27.5 Å². The van der Waals surface area contributed by atoms with Crippen LogP contribution in [0.15, 0.2) is 36.9 Å². The highest BCUT2D eigenvalue weighted by molar-refractivity contribution is 7.90. The second-order valence-electron chi connectivity index (χ2n) is 4.07. The summed E-state index contributed by atoms with van der Waals surface area (Å²) in [6.07, 6.45) is 1.93. The monoisotopic (exact) mass is 281 g/mol. The number of amides is 1. The molecular weight excluding hydrogens is 266 g/mol. The molecule has 1 heterocycles. The maximum atomic E-state index is 11.8. The molecule has 0 spiro atoms. The van der Waals surface area contributed by atoms with Crippen LogP contribution >= 0.6 is 0 Å². The third kappa shape index (κ3) is 3.12. The Hall–Kier alpha value is -1.86. The Bertz CT molecular complexity index is 581. The van der Waals surface area contributed by atoms with E-state index >= 15 is 0 Å². The normalized spacial score (nSPS) is 17.8. The molecule has 1 aromatic rings. The molecule has 1 aliphatic rings. The van der Waals surface area contributed by atoms with Crippen molar-refractivity contribution in [3.8, 4) is 0 Å². The minimum Gasteiger partial charge on any atom is -0.323 e. The summed E-state index contributed by atoms with van der Waals surface area (Å²) in [5.41, 5.74) is 1.17. The number of benzene rings is 1. The fraction of sp³-hybridized carbons (Fsp3) is 0.250. The summed E-state index contributed by atoms with van der Waals surface area (Å²) in [6.45, 7) is 4.28. The lowest BCUT2D eigenvalue weighted by Gasteiger charge is -2.28. The lowest BCUT2D eigenvalue weighted by molar-refractivity contribution is -0.111. The van der Waals surface area contributed by atoms with E-state index in [2.05, 4.69) is 16.6 Å². The van der Waals surface area contributed by atoms with E-state index in [1.807, 2.05) is 0 Å². The molecule has 1 saturated heterocycles. The van der Waals surface area contributed by atoms with Crippen molar-refractivity contribution in [2.45, 2.75) is 6.42 Å². The first kappa shape index (κ1) is 13.6. The molecule has 0 radical (unpaired) electrons. The zero-order chi connectivity index (χ0) is 13.9. The number of carbonyl (C=O) groups excluding carboxylic acids is 1. The van der Waals surface area contributed by atoms with Crippen LogP contribution < -0.4 is 14.3 Å². The predicted octanol–water partition coefficient (Wildman–Crippen LogP) is 0.856. The van der Waals surface area contributed by atoms with E-state index in [1.54, 1.807) is 24.3 Å². The van der Waals surface area contributed by atoms with Crippen molar-refractivity contribution in [3.05, 3.63) is 36.9 Å². The van der Waals surface area contributed by atoms with E-state index < -0.39 is 10.2 Å². The van der Waals surface area contributed by atoms with Gasteiger partial charge in [0.1, 0.15) is 0 Å². The van der Waals surface area contributed by atoms with E-state index in [-0.39, 0.29) is 5.91 Å². The van der Waals surface area contributed by atoms with Crippen LogP contribution in [0.3, 0.4) is 0 Å². The molecule has 0 atom stereocenters.